The van der Waals surface area contributed by atoms with Gasteiger partial charge in [-0.1, -0.05) is 18.0 Å². The van der Waals surface area contributed by atoms with Crippen molar-refractivity contribution in [2.45, 2.75) is 57.7 Å². The molecule has 0 atom stereocenters. The molecular weight excluding hydrogens is 290 g/mol. The van der Waals surface area contributed by atoms with Crippen molar-refractivity contribution in [1.82, 2.24) is 9.78 Å². The molecule has 0 bridgehead atoms. The van der Waals surface area contributed by atoms with Gasteiger partial charge in [0, 0.05) is 19.2 Å². The average Bonchev–Trinajstić information content (AvgIpc) is 2.37. The van der Waals surface area contributed by atoms with Crippen LogP contribution in [0.1, 0.15) is 39.0 Å². The lowest BCUT2D eigenvalue weighted by molar-refractivity contribution is 0.00296. The number of ether oxygens (including phenoxy) is 1. The Morgan fingerprint density at radius 2 is 2.24 bits per heavy atom. The van der Waals surface area contributed by atoms with E-state index in [0.717, 1.165) is 19.4 Å². The normalized spacial score (nSPS) is 25.2. The highest BCUT2D eigenvalue weighted by atomic mass is 35.5. The van der Waals surface area contributed by atoms with E-state index in [1.54, 1.807) is 10.9 Å². The van der Waals surface area contributed by atoms with Gasteiger partial charge in [-0.2, -0.15) is 5.10 Å². The maximum atomic E-state index is 12.5. The van der Waals surface area contributed by atoms with Crippen LogP contribution in [-0.2, 0) is 11.3 Å². The van der Waals surface area contributed by atoms with Gasteiger partial charge in [-0.25, -0.2) is 4.68 Å². The first-order chi connectivity index (χ1) is 10.2. The van der Waals surface area contributed by atoms with E-state index in [1.807, 2.05) is 6.92 Å². The summed E-state index contributed by atoms with van der Waals surface area (Å²) in [6, 6.07) is 0.270. The number of halogens is 1. The summed E-state index contributed by atoms with van der Waals surface area (Å²) in [5, 5.41) is 7.84. The van der Waals surface area contributed by atoms with Gasteiger partial charge in [0.05, 0.1) is 17.3 Å². The van der Waals surface area contributed by atoms with Crippen LogP contribution >= 0.6 is 11.6 Å². The predicted octanol–water partition coefficient (Wildman–Crippen LogP) is 2.68. The van der Waals surface area contributed by atoms with Crippen LogP contribution in [0.5, 0.6) is 0 Å². The lowest BCUT2D eigenvalue weighted by Crippen LogP contribution is -2.42. The van der Waals surface area contributed by atoms with E-state index in [0.29, 0.717) is 29.3 Å². The van der Waals surface area contributed by atoms with Gasteiger partial charge in [0.1, 0.15) is 5.69 Å². The molecule has 0 spiro atoms. The second-order valence-electron chi connectivity index (χ2n) is 6.04. The molecular formula is C15H22ClN3O2. The number of anilines is 1. The largest absolute Gasteiger partial charge is 0.378 e. The third-order valence-corrected chi connectivity index (χ3v) is 4.79. The van der Waals surface area contributed by atoms with Gasteiger partial charge in [-0.3, -0.25) is 4.79 Å². The third kappa shape index (κ3) is 3.24. The molecule has 1 N–H and O–H groups in total. The Hall–Kier alpha value is -1.07. The van der Waals surface area contributed by atoms with Crippen molar-refractivity contribution in [2.24, 2.45) is 5.92 Å². The Balaban J connectivity index is 1.66. The van der Waals surface area contributed by atoms with Crippen molar-refractivity contribution in [1.29, 1.82) is 0 Å². The topological polar surface area (TPSA) is 56.1 Å². The molecule has 116 valence electrons. The molecule has 5 nitrogen and oxygen atoms in total. The fourth-order valence-electron chi connectivity index (χ4n) is 2.91. The number of aromatic nitrogens is 2. The number of hydrogen-bond donors (Lipinski definition) is 1. The molecule has 2 aliphatic carbocycles. The smallest absolute Gasteiger partial charge is 0.291 e. The van der Waals surface area contributed by atoms with Crippen LogP contribution in [0, 0.1) is 5.92 Å². The highest BCUT2D eigenvalue weighted by molar-refractivity contribution is 6.33. The Morgan fingerprint density at radius 3 is 2.86 bits per heavy atom. The third-order valence-electron chi connectivity index (χ3n) is 4.50. The molecule has 21 heavy (non-hydrogen) atoms. The fraction of sp³-hybridized carbons (Fsp3) is 0.733. The van der Waals surface area contributed by atoms with E-state index in [2.05, 4.69) is 10.4 Å². The Labute approximate surface area is 129 Å². The number of nitrogens with one attached hydrogen (secondary N) is 1. The van der Waals surface area contributed by atoms with Crippen LogP contribution < -0.4 is 10.9 Å². The van der Waals surface area contributed by atoms with Crippen molar-refractivity contribution in [3.8, 4) is 0 Å². The summed E-state index contributed by atoms with van der Waals surface area (Å²) in [4.78, 5) is 12.5. The Morgan fingerprint density at radius 1 is 1.48 bits per heavy atom. The molecule has 1 aromatic heterocycles. The van der Waals surface area contributed by atoms with E-state index in [-0.39, 0.29) is 11.6 Å². The van der Waals surface area contributed by atoms with Crippen molar-refractivity contribution in [2.75, 3.05) is 11.9 Å². The quantitative estimate of drug-likeness (QED) is 0.877. The van der Waals surface area contributed by atoms with Crippen molar-refractivity contribution in [3.05, 3.63) is 21.6 Å². The minimum absolute atomic E-state index is 0.103. The summed E-state index contributed by atoms with van der Waals surface area (Å²) < 4.78 is 7.09. The molecule has 0 aromatic carbocycles. The monoisotopic (exact) mass is 311 g/mol. The zero-order chi connectivity index (χ0) is 14.8. The molecule has 0 aliphatic heterocycles. The molecule has 0 radical (unpaired) electrons. The van der Waals surface area contributed by atoms with E-state index in [4.69, 9.17) is 16.3 Å². The first-order valence-electron chi connectivity index (χ1n) is 7.81. The molecule has 2 saturated carbocycles. The van der Waals surface area contributed by atoms with Crippen LogP contribution in [0.15, 0.2) is 11.0 Å². The maximum absolute atomic E-state index is 12.5. The van der Waals surface area contributed by atoms with E-state index < -0.39 is 0 Å². The maximum Gasteiger partial charge on any atom is 0.291 e. The molecule has 2 fully saturated rings. The first-order valence-corrected chi connectivity index (χ1v) is 8.19. The first kappa shape index (κ1) is 14.9. The standard InChI is InChI=1S/C15H22ClN3O2/c1-2-21-12-6-11(7-12)18-14-13(16)8-17-19(15(14)20)9-10-4-3-5-10/h8,10-12,18H,2-7,9H2,1H3. The summed E-state index contributed by atoms with van der Waals surface area (Å²) in [5.74, 6) is 0.593. The molecule has 3 rings (SSSR count). The highest BCUT2D eigenvalue weighted by Crippen LogP contribution is 2.29. The molecule has 1 heterocycles. The molecule has 0 unspecified atom stereocenters. The van der Waals surface area contributed by atoms with Crippen LogP contribution in [0.2, 0.25) is 5.02 Å². The van der Waals surface area contributed by atoms with Gasteiger partial charge < -0.3 is 10.1 Å². The SMILES string of the molecule is CCOC1CC(Nc2c(Cl)cnn(CC3CCC3)c2=O)C1. The fourth-order valence-corrected chi connectivity index (χ4v) is 3.09. The molecule has 0 saturated heterocycles. The summed E-state index contributed by atoms with van der Waals surface area (Å²) in [6.45, 7) is 3.44. The van der Waals surface area contributed by atoms with Gasteiger partial charge in [0.15, 0.2) is 0 Å². The molecule has 2 aliphatic rings. The molecule has 6 heteroatoms. The van der Waals surface area contributed by atoms with Gasteiger partial charge >= 0.3 is 0 Å². The van der Waals surface area contributed by atoms with Gasteiger partial charge in [0.2, 0.25) is 0 Å². The summed E-state index contributed by atoms with van der Waals surface area (Å²) >= 11 is 6.14. The number of hydrogen-bond acceptors (Lipinski definition) is 4. The minimum Gasteiger partial charge on any atom is -0.378 e. The molecule has 1 aromatic rings. The number of rotatable bonds is 6. The van der Waals surface area contributed by atoms with Gasteiger partial charge in [0.25, 0.3) is 5.56 Å². The lowest BCUT2D eigenvalue weighted by atomic mass is 9.85. The zero-order valence-corrected chi connectivity index (χ0v) is 13.1. The lowest BCUT2D eigenvalue weighted by Gasteiger charge is -2.36. The average molecular weight is 312 g/mol. The van der Waals surface area contributed by atoms with Crippen LogP contribution in [0.4, 0.5) is 5.69 Å². The van der Waals surface area contributed by atoms with Crippen molar-refractivity contribution < 1.29 is 4.74 Å². The van der Waals surface area contributed by atoms with E-state index >= 15 is 0 Å². The van der Waals surface area contributed by atoms with Gasteiger partial charge in [-0.15, -0.1) is 0 Å². The zero-order valence-electron chi connectivity index (χ0n) is 12.3. The second kappa shape index (κ2) is 6.36. The summed E-state index contributed by atoms with van der Waals surface area (Å²) in [5.41, 5.74) is 0.389. The highest BCUT2D eigenvalue weighted by Gasteiger charge is 2.30. The number of nitrogens with zero attached hydrogens (tertiary/aromatic N) is 2. The summed E-state index contributed by atoms with van der Waals surface area (Å²) in [6.07, 6.45) is 7.38. The second-order valence-corrected chi connectivity index (χ2v) is 6.45. The van der Waals surface area contributed by atoms with Crippen LogP contribution in [0.3, 0.4) is 0 Å². The summed E-state index contributed by atoms with van der Waals surface area (Å²) in [7, 11) is 0. The Kier molecular flexibility index (Phi) is 4.50. The van der Waals surface area contributed by atoms with Crippen molar-refractivity contribution in [3.63, 3.8) is 0 Å². The Bertz CT molecular complexity index is 550. The van der Waals surface area contributed by atoms with Gasteiger partial charge in [-0.05, 0) is 38.5 Å². The van der Waals surface area contributed by atoms with Crippen molar-refractivity contribution >= 4 is 17.3 Å². The van der Waals surface area contributed by atoms with Crippen LogP contribution in [-0.4, -0.2) is 28.5 Å². The van der Waals surface area contributed by atoms with Crippen LogP contribution in [0.25, 0.3) is 0 Å². The van der Waals surface area contributed by atoms with E-state index in [1.165, 1.54) is 19.3 Å². The minimum atomic E-state index is -0.103. The predicted molar refractivity (Wildman–Crippen MR) is 82.9 cm³/mol. The van der Waals surface area contributed by atoms with E-state index in [9.17, 15) is 4.79 Å². The molecule has 0 amide bonds.